The molecule has 0 radical (unpaired) electrons. The van der Waals surface area contributed by atoms with Crippen molar-refractivity contribution in [1.29, 1.82) is 0 Å². The Morgan fingerprint density at radius 2 is 1.41 bits per heavy atom. The molecule has 2 rings (SSSR count). The number of allylic oxidation sites excluding steroid dienone is 5. The van der Waals surface area contributed by atoms with E-state index in [9.17, 15) is 0 Å². The first-order chi connectivity index (χ1) is 18.7. The van der Waals surface area contributed by atoms with Crippen LogP contribution in [0.1, 0.15) is 84.1 Å². The number of hydrogen-bond acceptors (Lipinski definition) is 2. The van der Waals surface area contributed by atoms with Gasteiger partial charge >= 0.3 is 0 Å². The van der Waals surface area contributed by atoms with Gasteiger partial charge in [0.15, 0.2) is 0 Å². The lowest BCUT2D eigenvalue weighted by molar-refractivity contribution is 1.02. The zero-order valence-electron chi connectivity index (χ0n) is 27.3. The Labute approximate surface area is 243 Å². The van der Waals surface area contributed by atoms with Gasteiger partial charge in [0.25, 0.3) is 0 Å². The van der Waals surface area contributed by atoms with E-state index in [1.54, 1.807) is 0 Å². The Morgan fingerprint density at radius 3 is 1.72 bits per heavy atom. The van der Waals surface area contributed by atoms with Crippen LogP contribution in [0, 0.1) is 13.8 Å². The molecule has 2 nitrogen and oxygen atoms in total. The maximum Gasteiger partial charge on any atom is 0.0346 e. The zero-order valence-corrected chi connectivity index (χ0v) is 27.3. The standard InChI is InChI=1S/C18H23N.C8H11N.C5H10.2C2H6.C2H4/c1-6-9-18(17(8-3)14(4)19-5)16-12-10-15(7-2)11-13-16;1-6-4-3-5-8(9)7(6)2;1-4-5(2)3;3*1-2/h6,8-13,19H,1,4,7H2,2-3,5H3;3-5H,9H2,1-2H3;2,4H2,1,3H3;2*1-2H3;1-2H2/b17-8-,18-9-;;;;;. The lowest BCUT2D eigenvalue weighted by Crippen LogP contribution is -2.08. The molecule has 0 aliphatic heterocycles. The van der Waals surface area contributed by atoms with Crippen LogP contribution in [0.2, 0.25) is 0 Å². The lowest BCUT2D eigenvalue weighted by Gasteiger charge is -2.15. The van der Waals surface area contributed by atoms with Crippen molar-refractivity contribution < 1.29 is 0 Å². The SMILES string of the molecule is C=C.C=C(C)CC.C=C/C=C(\C(=C/C)C(=C)NC)c1ccc(CC)cc1.CC.CC.Cc1cccc(N)c1C. The maximum atomic E-state index is 5.62. The highest BCUT2D eigenvalue weighted by Crippen LogP contribution is 2.27. The maximum absolute atomic E-state index is 5.62. The number of anilines is 1. The summed E-state index contributed by atoms with van der Waals surface area (Å²) in [6, 6.07) is 14.6. The largest absolute Gasteiger partial charge is 0.399 e. The average Bonchev–Trinajstić information content (AvgIpc) is 2.99. The van der Waals surface area contributed by atoms with E-state index >= 15 is 0 Å². The second-order valence-electron chi connectivity index (χ2n) is 7.90. The quantitative estimate of drug-likeness (QED) is 0.211. The highest BCUT2D eigenvalue weighted by atomic mass is 14.8. The Hall–Kier alpha value is -3.52. The summed E-state index contributed by atoms with van der Waals surface area (Å²) in [5.41, 5.74) is 15.9. The van der Waals surface area contributed by atoms with Gasteiger partial charge in [0.05, 0.1) is 0 Å². The van der Waals surface area contributed by atoms with Gasteiger partial charge in [0.1, 0.15) is 0 Å². The van der Waals surface area contributed by atoms with Crippen LogP contribution < -0.4 is 11.1 Å². The fourth-order valence-electron chi connectivity index (χ4n) is 2.78. The third kappa shape index (κ3) is 19.2. The van der Waals surface area contributed by atoms with Crippen LogP contribution >= 0.6 is 0 Å². The van der Waals surface area contributed by atoms with Crippen LogP contribution in [0.5, 0.6) is 0 Å². The number of nitrogens with one attached hydrogen (secondary N) is 1. The van der Waals surface area contributed by atoms with Crippen molar-refractivity contribution in [3.63, 3.8) is 0 Å². The molecule has 0 bridgehead atoms. The second-order valence-corrected chi connectivity index (χ2v) is 7.90. The molecular formula is C37H60N2. The minimum atomic E-state index is 0.884. The van der Waals surface area contributed by atoms with E-state index < -0.39 is 0 Å². The summed E-state index contributed by atoms with van der Waals surface area (Å²) in [5.74, 6) is 0. The highest BCUT2D eigenvalue weighted by Gasteiger charge is 2.09. The van der Waals surface area contributed by atoms with E-state index in [2.05, 4.69) is 95.4 Å². The van der Waals surface area contributed by atoms with E-state index in [0.29, 0.717) is 0 Å². The molecule has 2 aromatic carbocycles. The molecule has 0 spiro atoms. The number of rotatable bonds is 7. The van der Waals surface area contributed by atoms with Crippen molar-refractivity contribution in [2.24, 2.45) is 0 Å². The Balaban J connectivity index is -0.000000254. The van der Waals surface area contributed by atoms with E-state index in [1.165, 1.54) is 27.8 Å². The second kappa shape index (κ2) is 29.0. The van der Waals surface area contributed by atoms with Gasteiger partial charge < -0.3 is 11.1 Å². The molecule has 3 N–H and O–H groups in total. The third-order valence-electron chi connectivity index (χ3n) is 5.41. The van der Waals surface area contributed by atoms with Gasteiger partial charge in [-0.2, -0.15) is 0 Å². The van der Waals surface area contributed by atoms with Crippen molar-refractivity contribution in [3.8, 4) is 0 Å². The van der Waals surface area contributed by atoms with Crippen molar-refractivity contribution in [3.05, 3.63) is 133 Å². The Morgan fingerprint density at radius 1 is 0.923 bits per heavy atom. The molecule has 0 heterocycles. The van der Waals surface area contributed by atoms with Crippen LogP contribution in [-0.2, 0) is 6.42 Å². The number of aryl methyl sites for hydroxylation is 2. The zero-order chi connectivity index (χ0) is 31.4. The van der Waals surface area contributed by atoms with Gasteiger partial charge in [-0.05, 0) is 74.4 Å². The minimum Gasteiger partial charge on any atom is -0.399 e. The van der Waals surface area contributed by atoms with Gasteiger partial charge in [0.2, 0.25) is 0 Å². The summed E-state index contributed by atoms with van der Waals surface area (Å²) in [5, 5.41) is 3.11. The summed E-state index contributed by atoms with van der Waals surface area (Å²) >= 11 is 0. The number of hydrogen-bond donors (Lipinski definition) is 2. The molecule has 0 aromatic heterocycles. The molecular weight excluding hydrogens is 472 g/mol. The van der Waals surface area contributed by atoms with Crippen molar-refractivity contribution in [2.75, 3.05) is 12.8 Å². The number of nitrogen functional groups attached to an aromatic ring is 1. The van der Waals surface area contributed by atoms with E-state index in [1.807, 2.05) is 79.8 Å². The molecule has 0 saturated heterocycles. The molecule has 2 aromatic rings. The van der Waals surface area contributed by atoms with Gasteiger partial charge in [0, 0.05) is 24.0 Å². The molecule has 0 aliphatic rings. The summed E-state index contributed by atoms with van der Waals surface area (Å²) < 4.78 is 0. The van der Waals surface area contributed by atoms with Gasteiger partial charge in [-0.15, -0.1) is 19.7 Å². The smallest absolute Gasteiger partial charge is 0.0346 e. The fourth-order valence-corrected chi connectivity index (χ4v) is 2.78. The van der Waals surface area contributed by atoms with E-state index in [-0.39, 0.29) is 0 Å². The summed E-state index contributed by atoms with van der Waals surface area (Å²) in [6.07, 6.45) is 8.08. The molecule has 0 amide bonds. The minimum absolute atomic E-state index is 0.884. The van der Waals surface area contributed by atoms with Crippen molar-refractivity contribution in [2.45, 2.75) is 82.1 Å². The Kier molecular flexibility index (Phi) is 31.7. The first kappa shape index (κ1) is 42.6. The average molecular weight is 533 g/mol. The van der Waals surface area contributed by atoms with Crippen LogP contribution in [0.15, 0.2) is 110 Å². The topological polar surface area (TPSA) is 38.0 Å². The third-order valence-corrected chi connectivity index (χ3v) is 5.41. The molecule has 0 atom stereocenters. The molecule has 218 valence electrons. The molecule has 0 unspecified atom stereocenters. The van der Waals surface area contributed by atoms with Crippen LogP contribution in [0.3, 0.4) is 0 Å². The Bertz CT molecular complexity index is 953. The normalized spacial score (nSPS) is 9.51. The number of nitrogens with two attached hydrogens (primary N) is 1. The molecule has 0 saturated carbocycles. The van der Waals surface area contributed by atoms with Crippen LogP contribution in [-0.4, -0.2) is 7.05 Å². The van der Waals surface area contributed by atoms with Crippen molar-refractivity contribution in [1.82, 2.24) is 5.32 Å². The van der Waals surface area contributed by atoms with Crippen LogP contribution in [0.25, 0.3) is 5.57 Å². The van der Waals surface area contributed by atoms with Gasteiger partial charge in [-0.25, -0.2) is 0 Å². The fraction of sp³-hybridized carbons (Fsp3) is 0.351. The summed E-state index contributed by atoms with van der Waals surface area (Å²) in [6.45, 7) is 37.9. The first-order valence-corrected chi connectivity index (χ1v) is 14.1. The number of benzene rings is 2. The summed E-state index contributed by atoms with van der Waals surface area (Å²) in [4.78, 5) is 0. The summed E-state index contributed by atoms with van der Waals surface area (Å²) in [7, 11) is 1.89. The molecule has 0 fully saturated rings. The molecule has 2 heteroatoms. The molecule has 0 aliphatic carbocycles. The van der Waals surface area contributed by atoms with Gasteiger partial charge in [-0.3, -0.25) is 0 Å². The number of likely N-dealkylation sites (N-methyl/N-ethyl adjacent to an activating group) is 1. The van der Waals surface area contributed by atoms with E-state index in [4.69, 9.17) is 5.73 Å². The molecule has 39 heavy (non-hydrogen) atoms. The first-order valence-electron chi connectivity index (χ1n) is 14.1. The lowest BCUT2D eigenvalue weighted by atomic mass is 9.94. The predicted octanol–water partition coefficient (Wildman–Crippen LogP) is 11.2. The highest BCUT2D eigenvalue weighted by molar-refractivity contribution is 5.84. The monoisotopic (exact) mass is 532 g/mol. The van der Waals surface area contributed by atoms with Crippen LogP contribution in [0.4, 0.5) is 5.69 Å². The van der Waals surface area contributed by atoms with Gasteiger partial charge in [-0.1, -0.05) is 115 Å². The predicted molar refractivity (Wildman–Crippen MR) is 185 cm³/mol. The van der Waals surface area contributed by atoms with E-state index in [0.717, 1.165) is 35.4 Å². The van der Waals surface area contributed by atoms with Crippen molar-refractivity contribution >= 4 is 11.3 Å².